The lowest BCUT2D eigenvalue weighted by atomic mass is 9.87. The Hall–Kier alpha value is 2.26. The number of hydrogen-bond acceptors (Lipinski definition) is 0. The number of halogens is 1. The topological polar surface area (TPSA) is 0 Å². The van der Waals surface area contributed by atoms with E-state index in [9.17, 15) is 0 Å². The molecule has 1 fully saturated rings. The van der Waals surface area contributed by atoms with E-state index in [1.807, 2.05) is 0 Å². The fraction of sp³-hybridized carbons (Fsp3) is 1.00. The number of alkyl halides is 1. The Morgan fingerprint density at radius 2 is 1.55 bits per heavy atom. The Morgan fingerprint density at radius 3 is 1.82 bits per heavy atom. The van der Waals surface area contributed by atoms with Crippen molar-refractivity contribution in [3.63, 3.8) is 0 Å². The predicted octanol–water partition coefficient (Wildman–Crippen LogP) is 1.70. The summed E-state index contributed by atoms with van der Waals surface area (Å²) in [6.07, 6.45) is 8.71. The van der Waals surface area contributed by atoms with Crippen LogP contribution in [0.15, 0.2) is 0 Å². The van der Waals surface area contributed by atoms with Gasteiger partial charge in [-0.25, -0.2) is 0 Å². The zero-order chi connectivity index (χ0) is 6.74. The molecule has 1 rings (SSSR count). The third kappa shape index (κ3) is 5.54. The van der Waals surface area contributed by atoms with Crippen LogP contribution < -0.4 is 0 Å². The molecule has 0 saturated heterocycles. The van der Waals surface area contributed by atoms with Gasteiger partial charge in [0.1, 0.15) is 0 Å². The van der Waals surface area contributed by atoms with Gasteiger partial charge in [0.15, 0.2) is 0 Å². The van der Waals surface area contributed by atoms with Crippen LogP contribution in [0.2, 0.25) is 0 Å². The van der Waals surface area contributed by atoms with Crippen molar-refractivity contribution < 1.29 is 0 Å². The van der Waals surface area contributed by atoms with E-state index in [1.54, 1.807) is 0 Å². The van der Waals surface area contributed by atoms with Crippen molar-refractivity contribution in [2.75, 3.05) is 0 Å². The summed E-state index contributed by atoms with van der Waals surface area (Å²) in [4.78, 5) is 0. The molecule has 0 amide bonds. The minimum absolute atomic E-state index is 0. The maximum Gasteiger partial charge on any atom is 0.316 e. The van der Waals surface area contributed by atoms with Gasteiger partial charge in [-0.2, -0.15) is 0 Å². The van der Waals surface area contributed by atoms with Gasteiger partial charge in [-0.3, -0.25) is 0 Å². The Morgan fingerprint density at radius 1 is 1.09 bits per heavy atom. The second kappa shape index (κ2) is 7.65. The molecule has 0 heterocycles. The van der Waals surface area contributed by atoms with E-state index in [2.05, 4.69) is 29.5 Å². The summed E-state index contributed by atoms with van der Waals surface area (Å²) in [5, 5.41) is 0. The van der Waals surface area contributed by atoms with E-state index in [4.69, 9.17) is 0 Å². The molecular formula is C8H19IMg2. The Balaban J connectivity index is 0. The fourth-order valence-electron chi connectivity index (χ4n) is 1.54. The summed E-state index contributed by atoms with van der Waals surface area (Å²) in [5.41, 5.74) is 0. The molecule has 0 unspecified atom stereocenters. The van der Waals surface area contributed by atoms with Crippen molar-refractivity contribution in [2.24, 2.45) is 0 Å². The molecule has 0 nitrogen and oxygen atoms in total. The van der Waals surface area contributed by atoms with Gasteiger partial charge in [-0.05, 0) is 19.3 Å². The fourth-order valence-corrected chi connectivity index (χ4v) is 2.30. The van der Waals surface area contributed by atoms with Gasteiger partial charge in [0.25, 0.3) is 0 Å². The Kier molecular flexibility index (Phi) is 10.9. The molecule has 0 N–H and O–H groups in total. The summed E-state index contributed by atoms with van der Waals surface area (Å²) >= 11 is 2.65. The van der Waals surface area contributed by atoms with Crippen LogP contribution in [0.5, 0.6) is 0 Å². The zero-order valence-electron chi connectivity index (χ0n) is 6.12. The molecule has 11 heavy (non-hydrogen) atoms. The highest BCUT2D eigenvalue weighted by molar-refractivity contribution is 14.1. The van der Waals surface area contributed by atoms with Gasteiger partial charge >= 0.3 is 46.1 Å². The quantitative estimate of drug-likeness (QED) is 0.392. The highest BCUT2D eigenvalue weighted by Gasteiger charge is 2.25. The van der Waals surface area contributed by atoms with Crippen LogP contribution in [0.1, 0.15) is 45.4 Å². The molecule has 0 aliphatic heterocycles. The molecule has 0 radical (unpaired) electrons. The van der Waals surface area contributed by atoms with Gasteiger partial charge in [0.05, 0.1) is 0 Å². The third-order valence-corrected chi connectivity index (χ3v) is 4.22. The van der Waals surface area contributed by atoms with Gasteiger partial charge in [-0.1, -0.05) is 48.8 Å². The van der Waals surface area contributed by atoms with Crippen LogP contribution in [0, 0.1) is 0 Å². The number of rotatable bonds is 1. The van der Waals surface area contributed by atoms with Gasteiger partial charge in [0, 0.05) is 3.42 Å². The molecule has 0 aromatic heterocycles. The van der Waals surface area contributed by atoms with E-state index in [0.29, 0.717) is 3.42 Å². The van der Waals surface area contributed by atoms with Crippen molar-refractivity contribution in [3.05, 3.63) is 0 Å². The molecule has 1 aliphatic rings. The molecular weight excluding hydrogens is 272 g/mol. The van der Waals surface area contributed by atoms with Crippen LogP contribution in [-0.4, -0.2) is 49.5 Å². The average molecular weight is 291 g/mol. The van der Waals surface area contributed by atoms with E-state index in [-0.39, 0.29) is 46.1 Å². The standard InChI is InChI=1S/C8H15I.2Mg.4H/c1-2-8(9)6-4-3-5-7-8;;;;;;/h2-7H2,1H3;;;;;;. The van der Waals surface area contributed by atoms with Crippen LogP contribution in [0.4, 0.5) is 0 Å². The Bertz CT molecular complexity index is 90.1. The summed E-state index contributed by atoms with van der Waals surface area (Å²) in [7, 11) is 0. The van der Waals surface area contributed by atoms with Gasteiger partial charge in [-0.15, -0.1) is 0 Å². The highest BCUT2D eigenvalue weighted by Crippen LogP contribution is 2.38. The molecule has 0 spiro atoms. The molecule has 62 valence electrons. The predicted molar refractivity (Wildman–Crippen MR) is 67.2 cm³/mol. The second-order valence-corrected chi connectivity index (χ2v) is 5.35. The summed E-state index contributed by atoms with van der Waals surface area (Å²) in [5.74, 6) is 0. The normalized spacial score (nSPS) is 21.3. The van der Waals surface area contributed by atoms with Gasteiger partial charge < -0.3 is 0 Å². The lowest BCUT2D eigenvalue weighted by molar-refractivity contribution is 0.407. The van der Waals surface area contributed by atoms with Crippen molar-refractivity contribution in [1.29, 1.82) is 0 Å². The van der Waals surface area contributed by atoms with Crippen molar-refractivity contribution in [3.8, 4) is 0 Å². The molecule has 0 atom stereocenters. The minimum atomic E-state index is 0. The Labute approximate surface area is 116 Å². The van der Waals surface area contributed by atoms with E-state index < -0.39 is 0 Å². The van der Waals surface area contributed by atoms with Crippen LogP contribution in [0.3, 0.4) is 0 Å². The van der Waals surface area contributed by atoms with E-state index in [0.717, 1.165) is 0 Å². The lowest BCUT2D eigenvalue weighted by Gasteiger charge is -2.30. The van der Waals surface area contributed by atoms with Crippen LogP contribution in [0.25, 0.3) is 0 Å². The first-order valence-corrected chi connectivity index (χ1v) is 5.04. The molecule has 0 aromatic carbocycles. The highest BCUT2D eigenvalue weighted by atomic mass is 127. The second-order valence-electron chi connectivity index (χ2n) is 3.07. The van der Waals surface area contributed by atoms with E-state index >= 15 is 0 Å². The van der Waals surface area contributed by atoms with Crippen LogP contribution >= 0.6 is 22.6 Å². The minimum Gasteiger partial charge on any atom is -0.0789 e. The summed E-state index contributed by atoms with van der Waals surface area (Å²) in [6, 6.07) is 0. The summed E-state index contributed by atoms with van der Waals surface area (Å²) in [6.45, 7) is 2.32. The first kappa shape index (κ1) is 15.7. The molecule has 3 heteroatoms. The third-order valence-electron chi connectivity index (χ3n) is 2.38. The summed E-state index contributed by atoms with van der Waals surface area (Å²) < 4.78 is 0.690. The SMILES string of the molecule is CCC1(I)CCCCC1.[MgH2].[MgH2]. The molecule has 1 aliphatic carbocycles. The van der Waals surface area contributed by atoms with Crippen molar-refractivity contribution in [2.45, 2.75) is 48.9 Å². The maximum absolute atomic E-state index is 2.65. The van der Waals surface area contributed by atoms with E-state index in [1.165, 1.54) is 38.5 Å². The average Bonchev–Trinajstić information content (AvgIpc) is 1.90. The molecule has 1 saturated carbocycles. The van der Waals surface area contributed by atoms with Gasteiger partial charge in [0.2, 0.25) is 0 Å². The molecule has 0 aromatic rings. The van der Waals surface area contributed by atoms with Crippen LogP contribution in [-0.2, 0) is 0 Å². The maximum atomic E-state index is 2.65. The van der Waals surface area contributed by atoms with Crippen molar-refractivity contribution >= 4 is 68.7 Å². The monoisotopic (exact) mass is 290 g/mol. The van der Waals surface area contributed by atoms with Crippen molar-refractivity contribution in [1.82, 2.24) is 0 Å². The molecule has 0 bridgehead atoms. The smallest absolute Gasteiger partial charge is 0.0789 e. The first-order valence-electron chi connectivity index (χ1n) is 3.96. The largest absolute Gasteiger partial charge is 0.316 e. The lowest BCUT2D eigenvalue weighted by Crippen LogP contribution is -2.22. The first-order chi connectivity index (χ1) is 4.27. The number of hydrogen-bond donors (Lipinski definition) is 0. The zero-order valence-corrected chi connectivity index (χ0v) is 8.28.